The number of nitrogens with zero attached hydrogens (tertiary/aromatic N) is 1. The molecular formula is C18H27N3O2Si. The predicted octanol–water partition coefficient (Wildman–Crippen LogP) is 3.95. The number of carbonyl (C=O) groups excluding carboxylic acids is 1. The van der Waals surface area contributed by atoms with E-state index in [0.717, 1.165) is 18.2 Å². The molecule has 1 amide bonds. The van der Waals surface area contributed by atoms with Crippen LogP contribution in [-0.2, 0) is 0 Å². The van der Waals surface area contributed by atoms with Crippen LogP contribution in [0.15, 0.2) is 18.2 Å². The van der Waals surface area contributed by atoms with Crippen molar-refractivity contribution in [1.29, 1.82) is 0 Å². The number of pyridine rings is 1. The third-order valence-corrected chi connectivity index (χ3v) is 8.47. The molecule has 24 heavy (non-hydrogen) atoms. The van der Waals surface area contributed by atoms with E-state index >= 15 is 0 Å². The monoisotopic (exact) mass is 345 g/mol. The van der Waals surface area contributed by atoms with Crippen LogP contribution in [0.5, 0.6) is 5.88 Å². The summed E-state index contributed by atoms with van der Waals surface area (Å²) in [5.41, 5.74) is 1.26. The van der Waals surface area contributed by atoms with Crippen LogP contribution in [0, 0.1) is 0 Å². The summed E-state index contributed by atoms with van der Waals surface area (Å²) in [6.07, 6.45) is 4.65. The van der Waals surface area contributed by atoms with E-state index in [0.29, 0.717) is 17.2 Å². The molecule has 1 fully saturated rings. The van der Waals surface area contributed by atoms with Gasteiger partial charge in [0, 0.05) is 25.6 Å². The van der Waals surface area contributed by atoms with Crippen molar-refractivity contribution in [3.05, 3.63) is 23.9 Å². The van der Waals surface area contributed by atoms with Gasteiger partial charge in [-0.1, -0.05) is 38.0 Å². The molecule has 0 aromatic carbocycles. The third-order valence-electron chi connectivity index (χ3n) is 5.06. The summed E-state index contributed by atoms with van der Waals surface area (Å²) < 4.78 is 5.13. The third kappa shape index (κ3) is 3.98. The molecule has 3 heterocycles. The Morgan fingerprint density at radius 1 is 1.29 bits per heavy atom. The van der Waals surface area contributed by atoms with Crippen molar-refractivity contribution in [3.8, 4) is 5.88 Å². The zero-order valence-corrected chi connectivity index (χ0v) is 15.8. The van der Waals surface area contributed by atoms with Gasteiger partial charge in [0.15, 0.2) is 0 Å². The number of nitrogens with one attached hydrogen (secondary N) is 2. The van der Waals surface area contributed by atoms with Gasteiger partial charge in [0.05, 0.1) is 7.11 Å². The first-order chi connectivity index (χ1) is 11.5. The van der Waals surface area contributed by atoms with Crippen LogP contribution >= 0.6 is 0 Å². The molecule has 0 aliphatic carbocycles. The highest BCUT2D eigenvalue weighted by Gasteiger charge is 2.25. The van der Waals surface area contributed by atoms with Gasteiger partial charge in [0.2, 0.25) is 5.88 Å². The Hall–Kier alpha value is -1.82. The Morgan fingerprint density at radius 3 is 2.67 bits per heavy atom. The SMILES string of the molecule is COc1ccc2cc(C(=O)NC3CCC[Si](C)(C)CCC3)[nH]c2n1. The van der Waals surface area contributed by atoms with E-state index in [9.17, 15) is 4.79 Å². The maximum atomic E-state index is 12.6. The average Bonchev–Trinajstić information content (AvgIpc) is 2.95. The number of carbonyl (C=O) groups is 1. The molecule has 130 valence electrons. The molecule has 1 saturated heterocycles. The second kappa shape index (κ2) is 6.97. The van der Waals surface area contributed by atoms with E-state index < -0.39 is 8.07 Å². The van der Waals surface area contributed by atoms with Crippen molar-refractivity contribution in [3.63, 3.8) is 0 Å². The van der Waals surface area contributed by atoms with E-state index in [-0.39, 0.29) is 11.9 Å². The van der Waals surface area contributed by atoms with Crippen molar-refractivity contribution in [2.45, 2.75) is 56.9 Å². The van der Waals surface area contributed by atoms with Gasteiger partial charge in [-0.2, -0.15) is 4.98 Å². The fourth-order valence-electron chi connectivity index (χ4n) is 3.55. The molecule has 1 aliphatic heterocycles. The number of hydrogen-bond acceptors (Lipinski definition) is 3. The van der Waals surface area contributed by atoms with Crippen LogP contribution in [-0.4, -0.2) is 37.1 Å². The Labute approximate surface area is 144 Å². The summed E-state index contributed by atoms with van der Waals surface area (Å²) in [4.78, 5) is 20.0. The van der Waals surface area contributed by atoms with Gasteiger partial charge in [-0.25, -0.2) is 0 Å². The zero-order valence-electron chi connectivity index (χ0n) is 14.8. The van der Waals surface area contributed by atoms with Crippen LogP contribution in [0.1, 0.15) is 36.2 Å². The largest absolute Gasteiger partial charge is 0.481 e. The lowest BCUT2D eigenvalue weighted by Gasteiger charge is -2.28. The Bertz CT molecular complexity index is 714. The van der Waals surface area contributed by atoms with E-state index in [1.807, 2.05) is 12.1 Å². The molecule has 0 atom stereocenters. The molecular weight excluding hydrogens is 318 g/mol. The van der Waals surface area contributed by atoms with E-state index in [1.54, 1.807) is 13.2 Å². The van der Waals surface area contributed by atoms with Crippen LogP contribution < -0.4 is 10.1 Å². The maximum absolute atomic E-state index is 12.6. The van der Waals surface area contributed by atoms with Crippen LogP contribution in [0.4, 0.5) is 0 Å². The number of fused-ring (bicyclic) bond motifs is 1. The highest BCUT2D eigenvalue weighted by molar-refractivity contribution is 6.77. The minimum absolute atomic E-state index is 0.0333. The highest BCUT2D eigenvalue weighted by Crippen LogP contribution is 2.26. The molecule has 0 radical (unpaired) electrons. The summed E-state index contributed by atoms with van der Waals surface area (Å²) in [6.45, 7) is 4.97. The van der Waals surface area contributed by atoms with Crippen molar-refractivity contribution in [2.24, 2.45) is 0 Å². The first-order valence-electron chi connectivity index (χ1n) is 8.81. The molecule has 3 rings (SSSR count). The molecule has 1 aliphatic rings. The normalized spacial score (nSPS) is 18.8. The minimum atomic E-state index is -0.977. The van der Waals surface area contributed by atoms with Gasteiger partial charge >= 0.3 is 0 Å². The summed E-state index contributed by atoms with van der Waals surface area (Å²) in [5.74, 6) is 0.511. The number of methoxy groups -OCH3 is 1. The summed E-state index contributed by atoms with van der Waals surface area (Å²) in [6, 6.07) is 8.60. The number of hydrogen-bond donors (Lipinski definition) is 2. The first kappa shape index (κ1) is 17.0. The van der Waals surface area contributed by atoms with Crippen molar-refractivity contribution >= 4 is 25.0 Å². The van der Waals surface area contributed by atoms with Gasteiger partial charge in [-0.05, 0) is 25.0 Å². The zero-order chi connectivity index (χ0) is 17.2. The summed E-state index contributed by atoms with van der Waals surface area (Å²) >= 11 is 0. The minimum Gasteiger partial charge on any atom is -0.481 e. The average molecular weight is 346 g/mol. The van der Waals surface area contributed by atoms with Crippen molar-refractivity contribution < 1.29 is 9.53 Å². The highest BCUT2D eigenvalue weighted by atomic mass is 28.3. The predicted molar refractivity (Wildman–Crippen MR) is 99.5 cm³/mol. The standard InChI is InChI=1S/C18H27N3O2Si/c1-23-16-9-8-13-12-15(20-17(13)21-16)18(22)19-14-6-4-10-24(2,3)11-5-7-14/h8-9,12,14H,4-7,10-11H2,1-3H3,(H,19,22)(H,20,21). The molecule has 6 heteroatoms. The van der Waals surface area contributed by atoms with Gasteiger partial charge in [0.1, 0.15) is 11.3 Å². The van der Waals surface area contributed by atoms with Crippen LogP contribution in [0.3, 0.4) is 0 Å². The number of aromatic nitrogens is 2. The van der Waals surface area contributed by atoms with Crippen molar-refractivity contribution in [2.75, 3.05) is 7.11 Å². The molecule has 2 aromatic rings. The van der Waals surface area contributed by atoms with Gasteiger partial charge in [0.25, 0.3) is 5.91 Å². The number of H-pyrrole nitrogens is 1. The summed E-state index contributed by atoms with van der Waals surface area (Å²) in [7, 11) is 0.610. The van der Waals surface area contributed by atoms with Crippen molar-refractivity contribution in [1.82, 2.24) is 15.3 Å². The van der Waals surface area contributed by atoms with E-state index in [4.69, 9.17) is 4.74 Å². The number of aromatic amines is 1. The first-order valence-corrected chi connectivity index (χ1v) is 12.2. The Kier molecular flexibility index (Phi) is 4.94. The second-order valence-electron chi connectivity index (χ2n) is 7.59. The lowest BCUT2D eigenvalue weighted by atomic mass is 10.1. The summed E-state index contributed by atoms with van der Waals surface area (Å²) in [5, 5.41) is 4.13. The molecule has 0 saturated carbocycles. The topological polar surface area (TPSA) is 67.0 Å². The van der Waals surface area contributed by atoms with Crippen LogP contribution in [0.25, 0.3) is 11.0 Å². The van der Waals surface area contributed by atoms with E-state index in [1.165, 1.54) is 24.9 Å². The fraction of sp³-hybridized carbons (Fsp3) is 0.556. The molecule has 2 N–H and O–H groups in total. The molecule has 2 aromatic heterocycles. The Balaban J connectivity index is 1.66. The smallest absolute Gasteiger partial charge is 0.267 e. The lowest BCUT2D eigenvalue weighted by molar-refractivity contribution is 0.0928. The van der Waals surface area contributed by atoms with Gasteiger partial charge < -0.3 is 15.0 Å². The van der Waals surface area contributed by atoms with Gasteiger partial charge in [-0.3, -0.25) is 4.79 Å². The number of ether oxygens (including phenoxy) is 1. The molecule has 0 spiro atoms. The molecule has 5 nitrogen and oxygen atoms in total. The fourth-order valence-corrected chi connectivity index (χ4v) is 6.13. The quantitative estimate of drug-likeness (QED) is 0.828. The Morgan fingerprint density at radius 2 is 2.00 bits per heavy atom. The molecule has 0 bridgehead atoms. The lowest BCUT2D eigenvalue weighted by Crippen LogP contribution is -2.37. The molecule has 0 unspecified atom stereocenters. The van der Waals surface area contributed by atoms with Crippen LogP contribution in [0.2, 0.25) is 25.2 Å². The maximum Gasteiger partial charge on any atom is 0.267 e. The number of rotatable bonds is 3. The van der Waals surface area contributed by atoms with Gasteiger partial charge in [-0.15, -0.1) is 0 Å². The second-order valence-corrected chi connectivity index (χ2v) is 12.9. The van der Waals surface area contributed by atoms with E-state index in [2.05, 4.69) is 28.4 Å². The number of amides is 1.